The Morgan fingerprint density at radius 2 is 1.68 bits per heavy atom. The first-order valence-corrected chi connectivity index (χ1v) is 15.1. The maximum absolute atomic E-state index is 14.1. The second-order valence-corrected chi connectivity index (χ2v) is 11.6. The number of benzene rings is 3. The van der Waals surface area contributed by atoms with Crippen LogP contribution in [0, 0.1) is 12.7 Å². The van der Waals surface area contributed by atoms with E-state index >= 15 is 0 Å². The quantitative estimate of drug-likeness (QED) is 0.268. The molecule has 0 saturated heterocycles. The van der Waals surface area contributed by atoms with Gasteiger partial charge in [0.15, 0.2) is 0 Å². The van der Waals surface area contributed by atoms with E-state index in [1.807, 2.05) is 13.8 Å². The van der Waals surface area contributed by atoms with Crippen molar-refractivity contribution in [2.24, 2.45) is 0 Å². The molecule has 0 fully saturated rings. The van der Waals surface area contributed by atoms with Crippen LogP contribution in [0.25, 0.3) is 0 Å². The molecule has 0 aromatic heterocycles. The van der Waals surface area contributed by atoms with Gasteiger partial charge in [-0.3, -0.25) is 13.9 Å². The average molecular weight is 584 g/mol. The van der Waals surface area contributed by atoms with Gasteiger partial charge in [0.2, 0.25) is 11.8 Å². The first kappa shape index (κ1) is 31.6. The summed E-state index contributed by atoms with van der Waals surface area (Å²) in [6.07, 6.45) is 1.97. The molecule has 0 aliphatic heterocycles. The summed E-state index contributed by atoms with van der Waals surface area (Å²) in [5, 5.41) is 2.89. The van der Waals surface area contributed by atoms with Gasteiger partial charge in [0.1, 0.15) is 24.2 Å². The number of hydrogen-bond acceptors (Lipinski definition) is 5. The molecular formula is C31H38FN3O5S. The minimum atomic E-state index is -4.23. The highest BCUT2D eigenvalue weighted by molar-refractivity contribution is 7.92. The molecule has 3 aromatic rings. The number of sulfonamides is 1. The molecule has 8 nitrogen and oxygen atoms in total. The topological polar surface area (TPSA) is 96.0 Å². The summed E-state index contributed by atoms with van der Waals surface area (Å²) in [7, 11) is -2.80. The van der Waals surface area contributed by atoms with E-state index in [2.05, 4.69) is 5.32 Å². The van der Waals surface area contributed by atoms with Gasteiger partial charge in [0, 0.05) is 13.1 Å². The first-order valence-electron chi connectivity index (χ1n) is 13.7. The van der Waals surface area contributed by atoms with Gasteiger partial charge in [-0.05, 0) is 67.3 Å². The predicted molar refractivity (Wildman–Crippen MR) is 158 cm³/mol. The van der Waals surface area contributed by atoms with Gasteiger partial charge in [-0.15, -0.1) is 0 Å². The van der Waals surface area contributed by atoms with Crippen molar-refractivity contribution in [3.05, 3.63) is 89.7 Å². The van der Waals surface area contributed by atoms with Crippen LogP contribution in [0.2, 0.25) is 0 Å². The number of ether oxygens (including phenoxy) is 1. The number of carbonyl (C=O) groups excluding carboxylic acids is 2. The Hall–Kier alpha value is -3.92. The van der Waals surface area contributed by atoms with Gasteiger partial charge in [-0.1, -0.05) is 56.7 Å². The Labute approximate surface area is 242 Å². The fourth-order valence-corrected chi connectivity index (χ4v) is 5.88. The monoisotopic (exact) mass is 583 g/mol. The third-order valence-corrected chi connectivity index (χ3v) is 8.47. The van der Waals surface area contributed by atoms with E-state index in [-0.39, 0.29) is 28.8 Å². The Kier molecular flexibility index (Phi) is 11.3. The second kappa shape index (κ2) is 14.6. The van der Waals surface area contributed by atoms with Gasteiger partial charge in [0.05, 0.1) is 17.7 Å². The number of unbranched alkanes of at least 4 members (excludes halogenated alkanes) is 1. The van der Waals surface area contributed by atoms with Crippen LogP contribution in [0.5, 0.6) is 5.75 Å². The van der Waals surface area contributed by atoms with Crippen LogP contribution in [0.3, 0.4) is 0 Å². The zero-order valence-corrected chi connectivity index (χ0v) is 24.8. The minimum Gasteiger partial charge on any atom is -0.495 e. The van der Waals surface area contributed by atoms with Gasteiger partial charge < -0.3 is 15.0 Å². The number of amides is 2. The van der Waals surface area contributed by atoms with Crippen molar-refractivity contribution < 1.29 is 27.1 Å². The third kappa shape index (κ3) is 8.07. The molecule has 0 heterocycles. The SMILES string of the molecule is CCCCNC(=O)C(CC)N(Cc1ccc(F)cc1)C(=O)CN(c1cc(C)ccc1OC)S(=O)(=O)c1ccccc1. The molecule has 0 spiro atoms. The van der Waals surface area contributed by atoms with Crippen molar-refractivity contribution in [1.82, 2.24) is 10.2 Å². The lowest BCUT2D eigenvalue weighted by atomic mass is 10.1. The molecule has 0 aliphatic carbocycles. The van der Waals surface area contributed by atoms with E-state index in [4.69, 9.17) is 4.74 Å². The molecule has 3 rings (SSSR count). The van der Waals surface area contributed by atoms with Crippen molar-refractivity contribution in [1.29, 1.82) is 0 Å². The fraction of sp³-hybridized carbons (Fsp3) is 0.355. The predicted octanol–water partition coefficient (Wildman–Crippen LogP) is 5.06. The van der Waals surface area contributed by atoms with Crippen LogP contribution < -0.4 is 14.4 Å². The van der Waals surface area contributed by atoms with Crippen LogP contribution in [-0.2, 0) is 26.2 Å². The summed E-state index contributed by atoms with van der Waals surface area (Å²) in [6, 6.07) is 17.7. The lowest BCUT2D eigenvalue weighted by Crippen LogP contribution is -2.52. The highest BCUT2D eigenvalue weighted by Gasteiger charge is 2.34. The van der Waals surface area contributed by atoms with E-state index < -0.39 is 34.3 Å². The number of carbonyl (C=O) groups is 2. The summed E-state index contributed by atoms with van der Waals surface area (Å²) < 4.78 is 48.1. The van der Waals surface area contributed by atoms with Crippen LogP contribution in [0.4, 0.5) is 10.1 Å². The van der Waals surface area contributed by atoms with Crippen molar-refractivity contribution in [2.75, 3.05) is 24.5 Å². The Morgan fingerprint density at radius 1 is 1.00 bits per heavy atom. The highest BCUT2D eigenvalue weighted by Crippen LogP contribution is 2.33. The molecule has 0 radical (unpaired) electrons. The number of halogens is 1. The summed E-state index contributed by atoms with van der Waals surface area (Å²) >= 11 is 0. The van der Waals surface area contributed by atoms with E-state index in [1.54, 1.807) is 55.5 Å². The zero-order chi connectivity index (χ0) is 30.0. The largest absolute Gasteiger partial charge is 0.495 e. The number of aryl methyl sites for hydroxylation is 1. The molecule has 10 heteroatoms. The maximum atomic E-state index is 14.1. The fourth-order valence-electron chi connectivity index (χ4n) is 4.44. The first-order chi connectivity index (χ1) is 19.6. The van der Waals surface area contributed by atoms with Crippen molar-refractivity contribution >= 4 is 27.5 Å². The molecule has 220 valence electrons. The smallest absolute Gasteiger partial charge is 0.264 e. The molecule has 41 heavy (non-hydrogen) atoms. The molecule has 0 saturated carbocycles. The average Bonchev–Trinajstić information content (AvgIpc) is 2.97. The van der Waals surface area contributed by atoms with Crippen LogP contribution in [0.15, 0.2) is 77.7 Å². The van der Waals surface area contributed by atoms with Crippen LogP contribution in [-0.4, -0.2) is 51.4 Å². The van der Waals surface area contributed by atoms with Crippen LogP contribution >= 0.6 is 0 Å². The number of methoxy groups -OCH3 is 1. The maximum Gasteiger partial charge on any atom is 0.264 e. The number of hydrogen-bond donors (Lipinski definition) is 1. The lowest BCUT2D eigenvalue weighted by molar-refractivity contribution is -0.140. The highest BCUT2D eigenvalue weighted by atomic mass is 32.2. The second-order valence-electron chi connectivity index (χ2n) is 9.72. The zero-order valence-electron chi connectivity index (χ0n) is 24.0. The molecule has 1 atom stereocenters. The summed E-state index contributed by atoms with van der Waals surface area (Å²) in [5.41, 5.74) is 1.57. The van der Waals surface area contributed by atoms with Gasteiger partial charge in [-0.25, -0.2) is 12.8 Å². The van der Waals surface area contributed by atoms with Crippen molar-refractivity contribution in [3.63, 3.8) is 0 Å². The molecular weight excluding hydrogens is 545 g/mol. The van der Waals surface area contributed by atoms with Crippen molar-refractivity contribution in [2.45, 2.75) is 57.5 Å². The molecule has 0 aliphatic rings. The van der Waals surface area contributed by atoms with Gasteiger partial charge >= 0.3 is 0 Å². The van der Waals surface area contributed by atoms with E-state index in [9.17, 15) is 22.4 Å². The Bertz CT molecular complexity index is 1420. The Morgan fingerprint density at radius 3 is 2.29 bits per heavy atom. The van der Waals surface area contributed by atoms with E-state index in [1.165, 1.54) is 36.3 Å². The number of nitrogens with one attached hydrogen (secondary N) is 1. The van der Waals surface area contributed by atoms with Gasteiger partial charge in [-0.2, -0.15) is 0 Å². The number of rotatable bonds is 14. The van der Waals surface area contributed by atoms with E-state index in [0.29, 0.717) is 18.5 Å². The van der Waals surface area contributed by atoms with Crippen LogP contribution in [0.1, 0.15) is 44.2 Å². The third-order valence-electron chi connectivity index (χ3n) is 6.69. The van der Waals surface area contributed by atoms with Crippen molar-refractivity contribution in [3.8, 4) is 5.75 Å². The Balaban J connectivity index is 2.08. The molecule has 2 amide bonds. The summed E-state index contributed by atoms with van der Waals surface area (Å²) in [4.78, 5) is 28.7. The number of nitrogens with zero attached hydrogens (tertiary/aromatic N) is 2. The standard InChI is InChI=1S/C31H38FN3O5S/c1-5-7-19-33-31(37)27(6-2)34(21-24-14-16-25(32)17-15-24)30(36)22-35(28-20-23(3)13-18-29(28)40-4)41(38,39)26-11-9-8-10-12-26/h8-18,20,27H,5-7,19,21-22H2,1-4H3,(H,33,37). The summed E-state index contributed by atoms with van der Waals surface area (Å²) in [5.74, 6) is -1.07. The summed E-state index contributed by atoms with van der Waals surface area (Å²) in [6.45, 7) is 5.47. The van der Waals surface area contributed by atoms with Gasteiger partial charge in [0.25, 0.3) is 10.0 Å². The molecule has 3 aromatic carbocycles. The molecule has 0 bridgehead atoms. The van der Waals surface area contributed by atoms with E-state index in [0.717, 1.165) is 22.7 Å². The lowest BCUT2D eigenvalue weighted by Gasteiger charge is -2.33. The number of anilines is 1. The molecule has 1 unspecified atom stereocenters. The molecule has 1 N–H and O–H groups in total. The minimum absolute atomic E-state index is 0.00536. The normalized spacial score (nSPS) is 11.9.